The summed E-state index contributed by atoms with van der Waals surface area (Å²) in [5.74, 6) is -1.77. The molecule has 1 aromatic heterocycles. The van der Waals surface area contributed by atoms with Crippen molar-refractivity contribution in [2.24, 2.45) is 0 Å². The average molecular weight is 410 g/mol. The molecule has 2 aromatic carbocycles. The first kappa shape index (κ1) is 20.8. The second kappa shape index (κ2) is 9.51. The van der Waals surface area contributed by atoms with Crippen molar-refractivity contribution < 1.29 is 27.9 Å². The lowest BCUT2D eigenvalue weighted by molar-refractivity contribution is -0.124. The van der Waals surface area contributed by atoms with E-state index >= 15 is 0 Å². The predicted molar refractivity (Wildman–Crippen MR) is 106 cm³/mol. The molecule has 1 heterocycles. The van der Waals surface area contributed by atoms with Crippen molar-refractivity contribution in [1.29, 1.82) is 0 Å². The number of ether oxygens (including phenoxy) is 1. The van der Waals surface area contributed by atoms with Crippen LogP contribution in [-0.2, 0) is 9.53 Å². The van der Waals surface area contributed by atoms with Crippen LogP contribution in [0.4, 0.5) is 10.1 Å². The third-order valence-electron chi connectivity index (χ3n) is 4.21. The fourth-order valence-corrected chi connectivity index (χ4v) is 2.62. The normalized spacial score (nSPS) is 11.4. The number of amides is 2. The fraction of sp³-hybridized carbons (Fsp3) is 0.136. The number of carbonyl (C=O) groups excluding carboxylic acids is 3. The van der Waals surface area contributed by atoms with Gasteiger partial charge < -0.3 is 19.8 Å². The Morgan fingerprint density at radius 1 is 1.03 bits per heavy atom. The number of benzene rings is 2. The van der Waals surface area contributed by atoms with Crippen LogP contribution in [0.25, 0.3) is 0 Å². The summed E-state index contributed by atoms with van der Waals surface area (Å²) in [6.07, 6.45) is 1.39. The van der Waals surface area contributed by atoms with Crippen molar-refractivity contribution in [3.8, 4) is 0 Å². The van der Waals surface area contributed by atoms with E-state index in [1.807, 2.05) is 0 Å². The molecule has 30 heavy (non-hydrogen) atoms. The first-order valence-electron chi connectivity index (χ1n) is 9.09. The summed E-state index contributed by atoms with van der Waals surface area (Å²) in [6.45, 7) is 1.28. The van der Waals surface area contributed by atoms with Crippen molar-refractivity contribution in [2.45, 2.75) is 13.0 Å². The molecule has 0 spiro atoms. The van der Waals surface area contributed by atoms with Crippen LogP contribution in [0.1, 0.15) is 39.4 Å². The minimum atomic E-state index is -0.677. The van der Waals surface area contributed by atoms with Gasteiger partial charge in [0.1, 0.15) is 5.82 Å². The highest BCUT2D eigenvalue weighted by atomic mass is 19.1. The van der Waals surface area contributed by atoms with Crippen LogP contribution >= 0.6 is 0 Å². The van der Waals surface area contributed by atoms with Crippen molar-refractivity contribution in [3.05, 3.63) is 89.6 Å². The average Bonchev–Trinajstić information content (AvgIpc) is 3.28. The molecular formula is C22H19FN2O5. The lowest BCUT2D eigenvalue weighted by Gasteiger charge is -2.14. The zero-order chi connectivity index (χ0) is 21.5. The van der Waals surface area contributed by atoms with Crippen LogP contribution in [0.5, 0.6) is 0 Å². The van der Waals surface area contributed by atoms with E-state index in [4.69, 9.17) is 9.15 Å². The molecule has 0 radical (unpaired) electrons. The van der Waals surface area contributed by atoms with Gasteiger partial charge >= 0.3 is 5.97 Å². The molecule has 0 bridgehead atoms. The number of rotatable bonds is 7. The summed E-state index contributed by atoms with van der Waals surface area (Å²) < 4.78 is 23.0. The lowest BCUT2D eigenvalue weighted by atomic mass is 10.1. The Balaban J connectivity index is 1.47. The monoisotopic (exact) mass is 410 g/mol. The van der Waals surface area contributed by atoms with Gasteiger partial charge in [-0.05, 0) is 61.0 Å². The number of esters is 1. The smallest absolute Gasteiger partial charge is 0.338 e. The Morgan fingerprint density at radius 2 is 1.73 bits per heavy atom. The van der Waals surface area contributed by atoms with E-state index in [0.717, 1.165) is 5.56 Å². The van der Waals surface area contributed by atoms with Crippen molar-refractivity contribution in [3.63, 3.8) is 0 Å². The molecular weight excluding hydrogens is 391 g/mol. The van der Waals surface area contributed by atoms with Gasteiger partial charge in [0.05, 0.1) is 17.9 Å². The molecule has 154 valence electrons. The molecule has 0 aliphatic heterocycles. The molecule has 3 rings (SSSR count). The molecule has 0 aliphatic carbocycles. The Bertz CT molecular complexity index is 1010. The zero-order valence-corrected chi connectivity index (χ0v) is 16.1. The largest absolute Gasteiger partial charge is 0.459 e. The van der Waals surface area contributed by atoms with Crippen molar-refractivity contribution in [2.75, 3.05) is 11.9 Å². The Kier molecular flexibility index (Phi) is 6.59. The first-order chi connectivity index (χ1) is 14.4. The van der Waals surface area contributed by atoms with Crippen molar-refractivity contribution >= 4 is 23.5 Å². The summed E-state index contributed by atoms with van der Waals surface area (Å²) in [5.41, 5.74) is 1.42. The molecule has 8 heteroatoms. The Morgan fingerprint density at radius 3 is 2.37 bits per heavy atom. The van der Waals surface area contributed by atoms with Crippen LogP contribution in [-0.4, -0.2) is 24.4 Å². The van der Waals surface area contributed by atoms with Gasteiger partial charge in [0.15, 0.2) is 12.4 Å². The quantitative estimate of drug-likeness (QED) is 0.579. The second-order valence-electron chi connectivity index (χ2n) is 6.43. The van der Waals surface area contributed by atoms with E-state index in [0.29, 0.717) is 5.69 Å². The summed E-state index contributed by atoms with van der Waals surface area (Å²) in [4.78, 5) is 36.0. The molecule has 2 amide bonds. The molecule has 7 nitrogen and oxygen atoms in total. The van der Waals surface area contributed by atoms with Gasteiger partial charge in [0.25, 0.3) is 11.8 Å². The van der Waals surface area contributed by atoms with E-state index in [9.17, 15) is 18.8 Å². The number of anilines is 1. The number of hydrogen-bond acceptors (Lipinski definition) is 5. The summed E-state index contributed by atoms with van der Waals surface area (Å²) in [7, 11) is 0. The van der Waals surface area contributed by atoms with Gasteiger partial charge in [-0.15, -0.1) is 0 Å². The van der Waals surface area contributed by atoms with Crippen LogP contribution in [0.2, 0.25) is 0 Å². The van der Waals surface area contributed by atoms with Gasteiger partial charge in [-0.3, -0.25) is 9.59 Å². The maximum absolute atomic E-state index is 13.0. The number of carbonyl (C=O) groups is 3. The van der Waals surface area contributed by atoms with E-state index in [2.05, 4.69) is 10.6 Å². The molecule has 0 saturated heterocycles. The molecule has 0 aliphatic rings. The number of furan rings is 1. The van der Waals surface area contributed by atoms with Crippen molar-refractivity contribution in [1.82, 2.24) is 5.32 Å². The summed E-state index contributed by atoms with van der Waals surface area (Å²) >= 11 is 0. The third kappa shape index (κ3) is 5.54. The maximum atomic E-state index is 13.0. The maximum Gasteiger partial charge on any atom is 0.338 e. The van der Waals surface area contributed by atoms with E-state index in [1.165, 1.54) is 48.7 Å². The minimum Gasteiger partial charge on any atom is -0.459 e. The topological polar surface area (TPSA) is 97.6 Å². The standard InChI is InChI=1S/C22H19FN2O5/c1-14(15-4-8-17(23)9-5-15)24-20(26)13-30-22(28)16-6-10-18(11-7-16)25-21(27)19-3-2-12-29-19/h2-12,14H,13H2,1H3,(H,24,26)(H,25,27)/t14-/m1/s1. The number of halogens is 1. The van der Waals surface area contributed by atoms with Crippen LogP contribution in [0, 0.1) is 5.82 Å². The number of hydrogen-bond donors (Lipinski definition) is 2. The Hall–Kier alpha value is -3.94. The lowest BCUT2D eigenvalue weighted by Crippen LogP contribution is -2.31. The summed E-state index contributed by atoms with van der Waals surface area (Å²) in [6, 6.07) is 14.5. The number of nitrogens with one attached hydrogen (secondary N) is 2. The molecule has 0 unspecified atom stereocenters. The minimum absolute atomic E-state index is 0.166. The molecule has 0 saturated carbocycles. The highest BCUT2D eigenvalue weighted by molar-refractivity contribution is 6.02. The highest BCUT2D eigenvalue weighted by Gasteiger charge is 2.14. The highest BCUT2D eigenvalue weighted by Crippen LogP contribution is 2.14. The van der Waals surface area contributed by atoms with Gasteiger partial charge in [0, 0.05) is 5.69 Å². The van der Waals surface area contributed by atoms with Crippen LogP contribution in [0.3, 0.4) is 0 Å². The third-order valence-corrected chi connectivity index (χ3v) is 4.21. The van der Waals surface area contributed by atoms with Gasteiger partial charge in [0.2, 0.25) is 0 Å². The molecule has 1 atom stereocenters. The van der Waals surface area contributed by atoms with Crippen LogP contribution in [0.15, 0.2) is 71.3 Å². The SMILES string of the molecule is C[C@@H](NC(=O)COC(=O)c1ccc(NC(=O)c2ccco2)cc1)c1ccc(F)cc1. The fourth-order valence-electron chi connectivity index (χ4n) is 2.62. The molecule has 3 aromatic rings. The molecule has 0 fully saturated rings. The van der Waals surface area contributed by atoms with Gasteiger partial charge in [-0.1, -0.05) is 12.1 Å². The van der Waals surface area contributed by atoms with Gasteiger partial charge in [-0.2, -0.15) is 0 Å². The van der Waals surface area contributed by atoms with E-state index in [-0.39, 0.29) is 23.2 Å². The van der Waals surface area contributed by atoms with E-state index < -0.39 is 24.4 Å². The second-order valence-corrected chi connectivity index (χ2v) is 6.43. The molecule has 2 N–H and O–H groups in total. The Labute approximate surface area is 171 Å². The van der Waals surface area contributed by atoms with E-state index in [1.54, 1.807) is 25.1 Å². The zero-order valence-electron chi connectivity index (χ0n) is 16.1. The summed E-state index contributed by atoms with van der Waals surface area (Å²) in [5, 5.41) is 5.30. The van der Waals surface area contributed by atoms with Crippen LogP contribution < -0.4 is 10.6 Å². The van der Waals surface area contributed by atoms with Gasteiger partial charge in [-0.25, -0.2) is 9.18 Å². The first-order valence-corrected chi connectivity index (χ1v) is 9.09. The predicted octanol–water partition coefficient (Wildman–Crippen LogP) is 3.71.